The molecule has 1 saturated carbocycles. The summed E-state index contributed by atoms with van der Waals surface area (Å²) in [5.41, 5.74) is 1.39. The van der Waals surface area contributed by atoms with E-state index in [1.165, 1.54) is 50.6 Å². The highest BCUT2D eigenvalue weighted by molar-refractivity contribution is 9.10. The van der Waals surface area contributed by atoms with Crippen LogP contribution in [0.15, 0.2) is 22.7 Å². The number of nitrogens with zero attached hydrogens (tertiary/aromatic N) is 1. The van der Waals surface area contributed by atoms with Crippen LogP contribution in [0, 0.1) is 5.92 Å². The first-order chi connectivity index (χ1) is 9.78. The average Bonchev–Trinajstić information content (AvgIpc) is 2.48. The van der Waals surface area contributed by atoms with E-state index < -0.39 is 0 Å². The molecule has 0 radical (unpaired) electrons. The summed E-state index contributed by atoms with van der Waals surface area (Å²) in [7, 11) is 1.72. The molecule has 2 fully saturated rings. The number of ether oxygens (including phenoxy) is 1. The van der Waals surface area contributed by atoms with Crippen molar-refractivity contribution in [2.75, 3.05) is 13.7 Å². The lowest BCUT2D eigenvalue weighted by Gasteiger charge is -2.44. The van der Waals surface area contributed by atoms with Gasteiger partial charge < -0.3 is 4.74 Å². The van der Waals surface area contributed by atoms with Crippen LogP contribution in [-0.2, 0) is 6.54 Å². The Balaban J connectivity index is 1.71. The predicted molar refractivity (Wildman–Crippen MR) is 86.1 cm³/mol. The lowest BCUT2D eigenvalue weighted by Crippen LogP contribution is -2.46. The van der Waals surface area contributed by atoms with Crippen LogP contribution >= 0.6 is 15.9 Å². The monoisotopic (exact) mass is 337 g/mol. The van der Waals surface area contributed by atoms with Gasteiger partial charge in [0.05, 0.1) is 11.6 Å². The second-order valence-electron chi connectivity index (χ2n) is 6.19. The summed E-state index contributed by atoms with van der Waals surface area (Å²) < 4.78 is 6.38. The average molecular weight is 338 g/mol. The standard InChI is InChI=1S/C17H24BrNO/c1-20-17-9-8-13(11-15(17)18)12-19-10-4-6-14-5-2-3-7-16(14)19/h8-9,11,14,16H,2-7,10,12H2,1H3/t14-,16-/m1/s1. The number of piperidine rings is 1. The van der Waals surface area contributed by atoms with Gasteiger partial charge in [0, 0.05) is 12.6 Å². The molecule has 1 aromatic carbocycles. The molecule has 1 aliphatic heterocycles. The van der Waals surface area contributed by atoms with Crippen LogP contribution in [0.25, 0.3) is 0 Å². The molecule has 2 aliphatic rings. The van der Waals surface area contributed by atoms with E-state index in [2.05, 4.69) is 39.0 Å². The van der Waals surface area contributed by atoms with E-state index in [9.17, 15) is 0 Å². The molecule has 3 heteroatoms. The van der Waals surface area contributed by atoms with E-state index in [1.807, 2.05) is 0 Å². The second-order valence-corrected chi connectivity index (χ2v) is 7.05. The third-order valence-electron chi connectivity index (χ3n) is 4.96. The molecule has 1 aromatic rings. The van der Waals surface area contributed by atoms with Crippen molar-refractivity contribution >= 4 is 15.9 Å². The van der Waals surface area contributed by atoms with Gasteiger partial charge in [-0.1, -0.05) is 18.9 Å². The summed E-state index contributed by atoms with van der Waals surface area (Å²) in [6.45, 7) is 2.36. The maximum Gasteiger partial charge on any atom is 0.133 e. The molecular weight excluding hydrogens is 314 g/mol. The van der Waals surface area contributed by atoms with Crippen molar-refractivity contribution in [3.63, 3.8) is 0 Å². The molecule has 3 rings (SSSR count). The molecule has 1 aliphatic carbocycles. The van der Waals surface area contributed by atoms with Crippen molar-refractivity contribution in [1.29, 1.82) is 0 Å². The van der Waals surface area contributed by atoms with E-state index in [0.29, 0.717) is 0 Å². The van der Waals surface area contributed by atoms with Crippen LogP contribution in [0.1, 0.15) is 44.1 Å². The molecular formula is C17H24BrNO. The van der Waals surface area contributed by atoms with Gasteiger partial charge in [-0.05, 0) is 71.8 Å². The second kappa shape index (κ2) is 6.48. The summed E-state index contributed by atoms with van der Waals surface area (Å²) in [4.78, 5) is 2.72. The Kier molecular flexibility index (Phi) is 4.67. The summed E-state index contributed by atoms with van der Waals surface area (Å²) in [5, 5.41) is 0. The number of hydrogen-bond acceptors (Lipinski definition) is 2. The van der Waals surface area contributed by atoms with Gasteiger partial charge in [-0.3, -0.25) is 4.90 Å². The van der Waals surface area contributed by atoms with Crippen molar-refractivity contribution in [3.8, 4) is 5.75 Å². The lowest BCUT2D eigenvalue weighted by molar-refractivity contribution is 0.0547. The largest absolute Gasteiger partial charge is 0.496 e. The molecule has 2 nitrogen and oxygen atoms in total. The predicted octanol–water partition coefficient (Wildman–Crippen LogP) is 4.61. The third kappa shape index (κ3) is 3.04. The minimum atomic E-state index is 0.832. The molecule has 0 N–H and O–H groups in total. The first kappa shape index (κ1) is 14.4. The number of likely N-dealkylation sites (tertiary alicyclic amines) is 1. The normalized spacial score (nSPS) is 27.1. The Morgan fingerprint density at radius 3 is 2.80 bits per heavy atom. The SMILES string of the molecule is COc1ccc(CN2CCC[C@H]3CCCC[C@H]32)cc1Br. The maximum atomic E-state index is 5.32. The van der Waals surface area contributed by atoms with Crippen molar-refractivity contribution in [2.24, 2.45) is 5.92 Å². The van der Waals surface area contributed by atoms with Gasteiger partial charge in [0.25, 0.3) is 0 Å². The highest BCUT2D eigenvalue weighted by Gasteiger charge is 2.32. The molecule has 0 amide bonds. The molecule has 20 heavy (non-hydrogen) atoms. The van der Waals surface area contributed by atoms with Crippen LogP contribution < -0.4 is 4.74 Å². The fourth-order valence-electron chi connectivity index (χ4n) is 3.97. The fraction of sp³-hybridized carbons (Fsp3) is 0.647. The van der Waals surface area contributed by atoms with Gasteiger partial charge in [-0.2, -0.15) is 0 Å². The van der Waals surface area contributed by atoms with Crippen molar-refractivity contribution in [2.45, 2.75) is 51.1 Å². The van der Waals surface area contributed by atoms with Gasteiger partial charge in [0.15, 0.2) is 0 Å². The van der Waals surface area contributed by atoms with E-state index in [-0.39, 0.29) is 0 Å². The number of fused-ring (bicyclic) bond motifs is 1. The number of hydrogen-bond donors (Lipinski definition) is 0. The molecule has 1 heterocycles. The molecule has 0 bridgehead atoms. The fourth-order valence-corrected chi connectivity index (χ4v) is 4.56. The van der Waals surface area contributed by atoms with Crippen molar-refractivity contribution in [3.05, 3.63) is 28.2 Å². The minimum absolute atomic E-state index is 0.832. The molecule has 0 unspecified atom stereocenters. The van der Waals surface area contributed by atoms with E-state index in [4.69, 9.17) is 4.74 Å². The molecule has 0 aromatic heterocycles. The molecule has 1 saturated heterocycles. The Bertz CT molecular complexity index is 460. The van der Waals surface area contributed by atoms with E-state index in [0.717, 1.165) is 28.7 Å². The van der Waals surface area contributed by atoms with Gasteiger partial charge in [-0.15, -0.1) is 0 Å². The topological polar surface area (TPSA) is 12.5 Å². The third-order valence-corrected chi connectivity index (χ3v) is 5.58. The Labute approximate surface area is 130 Å². The number of halogens is 1. The Morgan fingerprint density at radius 1 is 1.20 bits per heavy atom. The van der Waals surface area contributed by atoms with Crippen LogP contribution in [-0.4, -0.2) is 24.6 Å². The molecule has 110 valence electrons. The van der Waals surface area contributed by atoms with E-state index >= 15 is 0 Å². The first-order valence-electron chi connectivity index (χ1n) is 7.84. The molecule has 0 spiro atoms. The zero-order valence-electron chi connectivity index (χ0n) is 12.3. The Morgan fingerprint density at radius 2 is 2.00 bits per heavy atom. The van der Waals surface area contributed by atoms with E-state index in [1.54, 1.807) is 7.11 Å². The summed E-state index contributed by atoms with van der Waals surface area (Å²) in [6, 6.07) is 7.32. The summed E-state index contributed by atoms with van der Waals surface area (Å²) >= 11 is 3.60. The highest BCUT2D eigenvalue weighted by atomic mass is 79.9. The smallest absolute Gasteiger partial charge is 0.133 e. The minimum Gasteiger partial charge on any atom is -0.496 e. The zero-order chi connectivity index (χ0) is 13.9. The summed E-state index contributed by atoms with van der Waals surface area (Å²) in [5.74, 6) is 1.88. The van der Waals surface area contributed by atoms with Crippen LogP contribution in [0.4, 0.5) is 0 Å². The van der Waals surface area contributed by atoms with Gasteiger partial charge in [-0.25, -0.2) is 0 Å². The van der Waals surface area contributed by atoms with Crippen LogP contribution in [0.5, 0.6) is 5.75 Å². The number of benzene rings is 1. The highest BCUT2D eigenvalue weighted by Crippen LogP contribution is 2.36. The van der Waals surface area contributed by atoms with Crippen LogP contribution in [0.3, 0.4) is 0 Å². The van der Waals surface area contributed by atoms with Crippen molar-refractivity contribution < 1.29 is 4.74 Å². The summed E-state index contributed by atoms with van der Waals surface area (Å²) in [6.07, 6.45) is 8.55. The van der Waals surface area contributed by atoms with Gasteiger partial charge >= 0.3 is 0 Å². The first-order valence-corrected chi connectivity index (χ1v) is 8.63. The number of methoxy groups -OCH3 is 1. The van der Waals surface area contributed by atoms with Crippen molar-refractivity contribution in [1.82, 2.24) is 4.90 Å². The molecule has 2 atom stereocenters. The van der Waals surface area contributed by atoms with Crippen LogP contribution in [0.2, 0.25) is 0 Å². The lowest BCUT2D eigenvalue weighted by atomic mass is 9.78. The zero-order valence-corrected chi connectivity index (χ0v) is 13.9. The maximum absolute atomic E-state index is 5.32. The Hall–Kier alpha value is -0.540. The quantitative estimate of drug-likeness (QED) is 0.798. The number of rotatable bonds is 3. The van der Waals surface area contributed by atoms with Gasteiger partial charge in [0.1, 0.15) is 5.75 Å². The van der Waals surface area contributed by atoms with Gasteiger partial charge in [0.2, 0.25) is 0 Å².